The van der Waals surface area contributed by atoms with E-state index in [1.807, 2.05) is 6.92 Å². The predicted octanol–water partition coefficient (Wildman–Crippen LogP) is 14.3. The summed E-state index contributed by atoms with van der Waals surface area (Å²) in [5.41, 5.74) is 1.52. The van der Waals surface area contributed by atoms with E-state index in [0.717, 1.165) is 44.7 Å². The largest absolute Gasteiger partial charge is 0.471 e. The van der Waals surface area contributed by atoms with Crippen LogP contribution in [-0.4, -0.2) is 127 Å². The lowest BCUT2D eigenvalue weighted by Crippen LogP contribution is -2.22. The lowest BCUT2D eigenvalue weighted by Gasteiger charge is -2.16. The van der Waals surface area contributed by atoms with Crippen molar-refractivity contribution < 1.29 is 145 Å². The van der Waals surface area contributed by atoms with Crippen molar-refractivity contribution in [2.24, 2.45) is 0 Å². The average molecular weight is 2020 g/mol. The van der Waals surface area contributed by atoms with Gasteiger partial charge < -0.3 is 75.5 Å². The van der Waals surface area contributed by atoms with E-state index in [9.17, 15) is 73.1 Å². The third-order valence-electron chi connectivity index (χ3n) is 14.3. The number of anilines is 5. The summed E-state index contributed by atoms with van der Waals surface area (Å²) in [7, 11) is -24.1. The molecule has 40 nitrogen and oxygen atoms in total. The molecule has 5 aromatic carbocycles. The Morgan fingerprint density at radius 2 is 0.708 bits per heavy atom. The van der Waals surface area contributed by atoms with Gasteiger partial charge in [0.15, 0.2) is 76.3 Å². The second kappa shape index (κ2) is 42.9. The number of benzene rings is 5. The van der Waals surface area contributed by atoms with Gasteiger partial charge in [0.2, 0.25) is 0 Å². The first-order chi connectivity index (χ1) is 55.4. The molecule has 0 spiro atoms. The molecule has 15 N–H and O–H groups in total. The van der Waals surface area contributed by atoms with E-state index >= 15 is 0 Å². The third kappa shape index (κ3) is 31.1. The van der Waals surface area contributed by atoms with Crippen LogP contribution in [0.4, 0.5) is 54.8 Å². The topological polar surface area (TPSA) is 568 Å². The minimum atomic E-state index is -4.94. The molecule has 2 unspecified atom stereocenters. The predicted molar refractivity (Wildman–Crippen MR) is 422 cm³/mol. The van der Waals surface area contributed by atoms with E-state index in [2.05, 4.69) is 107 Å². The van der Waals surface area contributed by atoms with Crippen molar-refractivity contribution in [3.8, 4) is 0 Å². The first-order valence-electron chi connectivity index (χ1n) is 32.1. The molecule has 10 aromatic rings. The molecule has 2 atom stereocenters. The number of aryl methyl sites for hydroxylation is 5. The Morgan fingerprint density at radius 3 is 1.11 bits per heavy atom. The van der Waals surface area contributed by atoms with Gasteiger partial charge in [-0.3, -0.25) is 46.6 Å². The molecule has 0 aliphatic heterocycles. The zero-order valence-corrected chi connectivity index (χ0v) is 72.7. The first kappa shape index (κ1) is 101. The summed E-state index contributed by atoms with van der Waals surface area (Å²) in [6.45, 7) is 8.68. The van der Waals surface area contributed by atoms with E-state index in [1.54, 1.807) is 58.0 Å². The molecule has 5 amide bonds. The van der Waals surface area contributed by atoms with E-state index in [0.29, 0.717) is 46.8 Å². The minimum Gasteiger partial charge on any atom is -0.319 e. The highest BCUT2D eigenvalue weighted by atomic mass is 79.9. The number of amides is 5. The number of carbonyl (C=O) groups excluding carboxylic acids is 5. The van der Waals surface area contributed by atoms with Crippen LogP contribution in [0.15, 0.2) is 112 Å². The number of nitrogens with one attached hydrogen (secondary N) is 5. The van der Waals surface area contributed by atoms with E-state index in [-0.39, 0.29) is 54.7 Å². The van der Waals surface area contributed by atoms with Gasteiger partial charge >= 0.3 is 39.1 Å². The Hall–Kier alpha value is -7.96. The van der Waals surface area contributed by atoms with Crippen LogP contribution in [-0.2, 0) is 65.6 Å². The number of hydrogen-bond donors (Lipinski definition) is 15. The van der Waals surface area contributed by atoms with Gasteiger partial charge in [0.05, 0.1) is 37.9 Å². The summed E-state index contributed by atoms with van der Waals surface area (Å²) >= 11 is 34.8. The monoisotopic (exact) mass is 2020 g/mol. The molecule has 0 radical (unpaired) electrons. The molecular formula is C62H61Br2Cl5F6N15O25P5. The van der Waals surface area contributed by atoms with Crippen molar-refractivity contribution >= 4 is 187 Å². The highest BCUT2D eigenvalue weighted by molar-refractivity contribution is 9.13. The Morgan fingerprint density at radius 1 is 0.392 bits per heavy atom. The second-order valence-corrected chi connectivity index (χ2v) is 33.3. The molecule has 0 aliphatic rings. The van der Waals surface area contributed by atoms with Crippen LogP contribution < -0.4 is 26.6 Å². The Kier molecular flexibility index (Phi) is 36.1. The van der Waals surface area contributed by atoms with Gasteiger partial charge in [-0.15, -0.1) is 0 Å². The van der Waals surface area contributed by atoms with E-state index in [1.165, 1.54) is 61.5 Å². The maximum Gasteiger partial charge on any atom is 0.471 e. The maximum absolute atomic E-state index is 14.1. The third-order valence-corrected chi connectivity index (χ3v) is 19.8. The van der Waals surface area contributed by atoms with Crippen LogP contribution in [0.5, 0.6) is 0 Å². The standard InChI is InChI=1S/C13H13ClF2N3O5P.C13H14ClFN3O5P.C12H11Br2ClN3O5P.C12H11ClF2N3O5P.C12H12ClFN3O5P/c1-6-3-4-9(8(15)5-6)17-13(20)11-10(16)12(14)18-19(11)7(2)24-25(21,22)23;1-7-3-4-10(9(15)5-7)16-13(19)11-6-12(14)17-18(11)8(2)23-24(20,21)22;1-6-2-3-8(7(15)4-6)16-12(19)10-9(13)11(14)17-18(10)5-23-24(20,21)22;1-6-2-3-8(7(14)4-6)16-12(19)10-9(15)11(13)17-18(10)5-23-24(20,21)22;1-7-2-3-9(8(14)4-7)15-12(18)10-5-11(13)16-17(10)6-22-23(19,20)21/h3-5,7H,1-2H3,(H,17,20)(H2,21,22,23);3-6,8H,1-2H3,(H,16,19)(H2,20,21,22);2*2-4H,5H2,1H3,(H,16,19)(H2,20,21,22);2-5H,6H2,1H3,(H,15,18)(H2,19,20,21). The highest BCUT2D eigenvalue weighted by Gasteiger charge is 2.33. The van der Waals surface area contributed by atoms with Crippen LogP contribution in [0.2, 0.25) is 25.6 Å². The van der Waals surface area contributed by atoms with E-state index in [4.69, 9.17) is 107 Å². The van der Waals surface area contributed by atoms with Crippen LogP contribution in [0.3, 0.4) is 0 Å². The molecular weight excluding hydrogens is 1960 g/mol. The number of hydrogen-bond acceptors (Lipinski definition) is 20. The number of carbonyl (C=O) groups is 5. The zero-order valence-electron chi connectivity index (χ0n) is 61.3. The highest BCUT2D eigenvalue weighted by Crippen LogP contribution is 2.44. The van der Waals surface area contributed by atoms with Gasteiger partial charge in [0, 0.05) is 12.1 Å². The lowest BCUT2D eigenvalue weighted by molar-refractivity contribution is 0.0797. The minimum absolute atomic E-state index is 0.00645. The molecule has 0 aliphatic carbocycles. The molecule has 5 aromatic heterocycles. The number of halogens is 13. The fourth-order valence-corrected chi connectivity index (χ4v) is 12.8. The van der Waals surface area contributed by atoms with Gasteiger partial charge in [0.25, 0.3) is 29.5 Å². The van der Waals surface area contributed by atoms with Gasteiger partial charge in [-0.2, -0.15) is 25.5 Å². The molecule has 0 saturated heterocycles. The summed E-state index contributed by atoms with van der Waals surface area (Å²) in [4.78, 5) is 149. The van der Waals surface area contributed by atoms with Gasteiger partial charge in [-0.1, -0.05) is 88.3 Å². The van der Waals surface area contributed by atoms with Gasteiger partial charge in [0.1, 0.15) is 45.0 Å². The van der Waals surface area contributed by atoms with Crippen molar-refractivity contribution in [3.05, 3.63) is 229 Å². The summed E-state index contributed by atoms with van der Waals surface area (Å²) in [5, 5.41) is 28.5. The molecule has 10 rings (SSSR count). The maximum atomic E-state index is 14.1. The number of aromatic nitrogens is 10. The quantitative estimate of drug-likeness (QED) is 0.0187. The van der Waals surface area contributed by atoms with Crippen LogP contribution in [0, 0.1) is 69.5 Å². The molecule has 650 valence electrons. The molecule has 0 fully saturated rings. The second-order valence-electron chi connectivity index (χ2n) is 23.8. The van der Waals surface area contributed by atoms with Crippen molar-refractivity contribution in [3.63, 3.8) is 0 Å². The fraction of sp³-hybridized carbons (Fsp3) is 0.194. The van der Waals surface area contributed by atoms with Crippen molar-refractivity contribution in [1.82, 2.24) is 48.9 Å². The molecule has 0 saturated carbocycles. The summed E-state index contributed by atoms with van der Waals surface area (Å²) in [6.07, 6.45) is -2.80. The Bertz CT molecular complexity index is 5620. The van der Waals surface area contributed by atoms with Crippen LogP contribution >= 0.6 is 129 Å². The van der Waals surface area contributed by atoms with Crippen molar-refractivity contribution in [2.45, 2.75) is 81.1 Å². The van der Waals surface area contributed by atoms with Crippen LogP contribution in [0.1, 0.15) is 107 Å². The summed E-state index contributed by atoms with van der Waals surface area (Å²) in [6, 6.07) is 23.9. The number of rotatable bonds is 25. The van der Waals surface area contributed by atoms with Crippen molar-refractivity contribution in [2.75, 3.05) is 26.6 Å². The normalized spacial score (nSPS) is 12.1. The Labute approximate surface area is 712 Å². The SMILES string of the molecule is Cc1ccc(NC(=O)c2c(Br)c(Br)nn2COP(=O)(O)O)c(Cl)c1.Cc1ccc(NC(=O)c2c(F)c(Cl)nn2C(C)OP(=O)(O)O)c(F)c1.Cc1ccc(NC(=O)c2c(F)c(Cl)nn2COP(=O)(O)O)c(F)c1.Cc1ccc(NC(=O)c2cc(Cl)nn2C(C)OP(=O)(O)O)c(F)c1.Cc1ccc(NC(=O)c2cc(Cl)nn2COP(=O)(O)O)c(F)c1. The lowest BCUT2D eigenvalue weighted by atomic mass is 10.2. The fourth-order valence-electron chi connectivity index (χ4n) is 9.18. The van der Waals surface area contributed by atoms with E-state index < -0.39 is 158 Å². The van der Waals surface area contributed by atoms with Crippen LogP contribution in [0.25, 0.3) is 0 Å². The smallest absolute Gasteiger partial charge is 0.319 e. The molecule has 5 heterocycles. The number of nitrogens with zero attached hydrogens (tertiary/aromatic N) is 10. The molecule has 0 bridgehead atoms. The van der Waals surface area contributed by atoms with Gasteiger partial charge in [-0.25, -0.2) is 72.6 Å². The summed E-state index contributed by atoms with van der Waals surface area (Å²) < 4.78 is 163. The molecule has 120 heavy (non-hydrogen) atoms. The first-order valence-corrected chi connectivity index (χ1v) is 43.2. The Balaban J connectivity index is 0.000000233. The van der Waals surface area contributed by atoms with Crippen molar-refractivity contribution in [1.29, 1.82) is 0 Å². The van der Waals surface area contributed by atoms with Gasteiger partial charge in [-0.05, 0) is 169 Å². The zero-order chi connectivity index (χ0) is 90.3. The number of phosphoric ester groups is 5. The summed E-state index contributed by atoms with van der Waals surface area (Å²) in [5.74, 6) is -9.58. The average Bonchev–Trinajstić information content (AvgIpc) is 1.65. The number of phosphoric acid groups is 5. The molecule has 58 heteroatoms.